The molecule has 0 aliphatic carbocycles. The van der Waals surface area contributed by atoms with Gasteiger partial charge in [0.25, 0.3) is 0 Å². The van der Waals surface area contributed by atoms with Gasteiger partial charge in [0.1, 0.15) is 5.82 Å². The topological polar surface area (TPSA) is 49.4 Å². The molecule has 0 aromatic heterocycles. The Labute approximate surface area is 125 Å². The molecule has 1 aliphatic heterocycles. The quantitative estimate of drug-likeness (QED) is 0.867. The van der Waals surface area contributed by atoms with Crippen LogP contribution in [0.4, 0.5) is 4.39 Å². The summed E-state index contributed by atoms with van der Waals surface area (Å²) in [5, 5.41) is 2.91. The lowest BCUT2D eigenvalue weighted by atomic mass is 10.1. The molecule has 116 valence electrons. The van der Waals surface area contributed by atoms with Gasteiger partial charge in [-0.25, -0.2) is 12.8 Å². The Morgan fingerprint density at radius 2 is 2.05 bits per heavy atom. The third kappa shape index (κ3) is 3.33. The SMILES string of the molecule is CNCc1cc(F)c(C)c(S(=O)(=O)N2CC=C(C)CC2)c1. The van der Waals surface area contributed by atoms with Crippen molar-refractivity contribution in [3.63, 3.8) is 0 Å². The summed E-state index contributed by atoms with van der Waals surface area (Å²) in [6.45, 7) is 4.73. The lowest BCUT2D eigenvalue weighted by Crippen LogP contribution is -2.35. The Morgan fingerprint density at radius 1 is 1.33 bits per heavy atom. The van der Waals surface area contributed by atoms with Crippen LogP contribution in [0.3, 0.4) is 0 Å². The summed E-state index contributed by atoms with van der Waals surface area (Å²) in [5.41, 5.74) is 2.00. The summed E-state index contributed by atoms with van der Waals surface area (Å²) in [6, 6.07) is 2.94. The predicted molar refractivity (Wildman–Crippen MR) is 81.0 cm³/mol. The molecular weight excluding hydrogens is 291 g/mol. The van der Waals surface area contributed by atoms with Gasteiger partial charge in [-0.2, -0.15) is 4.31 Å². The molecule has 0 amide bonds. The average Bonchev–Trinajstić information content (AvgIpc) is 2.43. The summed E-state index contributed by atoms with van der Waals surface area (Å²) >= 11 is 0. The molecule has 21 heavy (non-hydrogen) atoms. The Kier molecular flexibility index (Phi) is 4.81. The van der Waals surface area contributed by atoms with E-state index in [4.69, 9.17) is 0 Å². The third-order valence-electron chi connectivity index (χ3n) is 3.75. The van der Waals surface area contributed by atoms with Crippen molar-refractivity contribution in [1.82, 2.24) is 9.62 Å². The number of benzene rings is 1. The van der Waals surface area contributed by atoms with Crippen LogP contribution in [0.25, 0.3) is 0 Å². The first-order valence-electron chi connectivity index (χ1n) is 6.95. The predicted octanol–water partition coefficient (Wildman–Crippen LogP) is 2.19. The highest BCUT2D eigenvalue weighted by atomic mass is 32.2. The van der Waals surface area contributed by atoms with Crippen LogP contribution in [0.15, 0.2) is 28.7 Å². The standard InChI is InChI=1S/C15H21FN2O2S/c1-11-4-6-18(7-5-11)21(19,20)15-9-13(10-17-3)8-14(16)12(15)2/h4,8-9,17H,5-7,10H2,1-3H3. The highest BCUT2D eigenvalue weighted by molar-refractivity contribution is 7.89. The maximum Gasteiger partial charge on any atom is 0.243 e. The molecule has 0 bridgehead atoms. The van der Waals surface area contributed by atoms with Crippen LogP contribution in [0.5, 0.6) is 0 Å². The average molecular weight is 312 g/mol. The van der Waals surface area contributed by atoms with Gasteiger partial charge in [-0.15, -0.1) is 0 Å². The molecule has 1 aromatic carbocycles. The van der Waals surface area contributed by atoms with E-state index in [0.29, 0.717) is 25.2 Å². The second-order valence-electron chi connectivity index (χ2n) is 5.39. The van der Waals surface area contributed by atoms with Crippen LogP contribution in [0.2, 0.25) is 0 Å². The molecule has 0 unspecified atom stereocenters. The fraction of sp³-hybridized carbons (Fsp3) is 0.467. The van der Waals surface area contributed by atoms with Crippen molar-refractivity contribution < 1.29 is 12.8 Å². The second-order valence-corrected chi connectivity index (χ2v) is 7.30. The normalized spacial score (nSPS) is 16.9. The fourth-order valence-electron chi connectivity index (χ4n) is 2.39. The molecule has 1 aromatic rings. The smallest absolute Gasteiger partial charge is 0.243 e. The zero-order valence-corrected chi connectivity index (χ0v) is 13.4. The second kappa shape index (κ2) is 6.25. The van der Waals surface area contributed by atoms with Crippen molar-refractivity contribution >= 4 is 10.0 Å². The zero-order chi connectivity index (χ0) is 15.6. The fourth-order valence-corrected chi connectivity index (χ4v) is 4.06. The van der Waals surface area contributed by atoms with Crippen molar-refractivity contribution in [3.05, 3.63) is 40.7 Å². The van der Waals surface area contributed by atoms with Gasteiger partial charge in [-0.3, -0.25) is 0 Å². The van der Waals surface area contributed by atoms with Crippen LogP contribution < -0.4 is 5.32 Å². The molecule has 4 nitrogen and oxygen atoms in total. The van der Waals surface area contributed by atoms with Gasteiger partial charge in [0.05, 0.1) is 4.90 Å². The van der Waals surface area contributed by atoms with Crippen molar-refractivity contribution in [3.8, 4) is 0 Å². The van der Waals surface area contributed by atoms with Gasteiger partial charge in [0, 0.05) is 25.2 Å². The first-order valence-corrected chi connectivity index (χ1v) is 8.39. The Hall–Kier alpha value is -1.24. The van der Waals surface area contributed by atoms with Crippen molar-refractivity contribution in [2.45, 2.75) is 31.7 Å². The van der Waals surface area contributed by atoms with E-state index in [0.717, 1.165) is 6.42 Å². The monoisotopic (exact) mass is 312 g/mol. The summed E-state index contributed by atoms with van der Waals surface area (Å²) in [4.78, 5) is 0.0701. The Bertz CT molecular complexity index is 668. The molecule has 0 fully saturated rings. The molecule has 0 spiro atoms. The number of hydrogen-bond donors (Lipinski definition) is 1. The van der Waals surface area contributed by atoms with Crippen molar-refractivity contribution in [1.29, 1.82) is 0 Å². The van der Waals surface area contributed by atoms with Crippen LogP contribution in [0.1, 0.15) is 24.5 Å². The number of halogens is 1. The highest BCUT2D eigenvalue weighted by Gasteiger charge is 2.28. The van der Waals surface area contributed by atoms with E-state index in [9.17, 15) is 12.8 Å². The maximum absolute atomic E-state index is 14.0. The molecule has 2 rings (SSSR count). The Morgan fingerprint density at radius 3 is 2.62 bits per heavy atom. The van der Waals surface area contributed by atoms with Gasteiger partial charge in [-0.1, -0.05) is 11.6 Å². The number of sulfonamides is 1. The molecule has 0 saturated heterocycles. The van der Waals surface area contributed by atoms with E-state index in [1.54, 1.807) is 13.1 Å². The first kappa shape index (κ1) is 16.1. The molecular formula is C15H21FN2O2S. The van der Waals surface area contributed by atoms with Gasteiger partial charge < -0.3 is 5.32 Å². The minimum absolute atomic E-state index is 0.0701. The summed E-state index contributed by atoms with van der Waals surface area (Å²) < 4.78 is 40.9. The lowest BCUT2D eigenvalue weighted by Gasteiger charge is -2.26. The van der Waals surface area contributed by atoms with E-state index in [2.05, 4.69) is 5.32 Å². The number of nitrogens with one attached hydrogen (secondary N) is 1. The van der Waals surface area contributed by atoms with Crippen molar-refractivity contribution in [2.24, 2.45) is 0 Å². The highest BCUT2D eigenvalue weighted by Crippen LogP contribution is 2.26. The largest absolute Gasteiger partial charge is 0.316 e. The first-order chi connectivity index (χ1) is 9.86. The number of rotatable bonds is 4. The van der Waals surface area contributed by atoms with Crippen LogP contribution in [-0.4, -0.2) is 32.9 Å². The molecule has 1 aliphatic rings. The summed E-state index contributed by atoms with van der Waals surface area (Å²) in [5.74, 6) is -0.481. The van der Waals surface area contributed by atoms with E-state index < -0.39 is 15.8 Å². The van der Waals surface area contributed by atoms with Crippen molar-refractivity contribution in [2.75, 3.05) is 20.1 Å². The van der Waals surface area contributed by atoms with Gasteiger partial charge >= 0.3 is 0 Å². The van der Waals surface area contributed by atoms with Crippen LogP contribution >= 0.6 is 0 Å². The third-order valence-corrected chi connectivity index (χ3v) is 5.75. The van der Waals surface area contributed by atoms with Crippen LogP contribution in [0, 0.1) is 12.7 Å². The van der Waals surface area contributed by atoms with Gasteiger partial charge in [-0.05, 0) is 45.0 Å². The summed E-state index contributed by atoms with van der Waals surface area (Å²) in [6.07, 6.45) is 2.63. The lowest BCUT2D eigenvalue weighted by molar-refractivity contribution is 0.430. The molecule has 6 heteroatoms. The van der Waals surface area contributed by atoms with Crippen LogP contribution in [-0.2, 0) is 16.6 Å². The van der Waals surface area contributed by atoms with E-state index in [1.165, 1.54) is 22.9 Å². The van der Waals surface area contributed by atoms with Gasteiger partial charge in [0.2, 0.25) is 10.0 Å². The maximum atomic E-state index is 14.0. The summed E-state index contributed by atoms with van der Waals surface area (Å²) in [7, 11) is -1.92. The zero-order valence-electron chi connectivity index (χ0n) is 12.6. The van der Waals surface area contributed by atoms with E-state index >= 15 is 0 Å². The van der Waals surface area contributed by atoms with E-state index in [1.807, 2.05) is 13.0 Å². The minimum atomic E-state index is -3.66. The Balaban J connectivity index is 2.44. The molecule has 0 radical (unpaired) electrons. The number of nitrogens with zero attached hydrogens (tertiary/aromatic N) is 1. The van der Waals surface area contributed by atoms with E-state index in [-0.39, 0.29) is 10.5 Å². The molecule has 1 N–H and O–H groups in total. The molecule has 1 heterocycles. The molecule has 0 atom stereocenters. The van der Waals surface area contributed by atoms with Gasteiger partial charge in [0.15, 0.2) is 0 Å². The number of hydrogen-bond acceptors (Lipinski definition) is 3. The molecule has 0 saturated carbocycles. The minimum Gasteiger partial charge on any atom is -0.316 e.